The first-order valence-electron chi connectivity index (χ1n) is 9.51. The molecular formula is C23H22ClN3O2S. The van der Waals surface area contributed by atoms with Crippen LogP contribution in [0.15, 0.2) is 60.9 Å². The molecule has 0 spiro atoms. The van der Waals surface area contributed by atoms with Gasteiger partial charge < -0.3 is 10.1 Å². The number of rotatable bonds is 6. The Morgan fingerprint density at radius 2 is 1.90 bits per heavy atom. The van der Waals surface area contributed by atoms with E-state index in [2.05, 4.69) is 34.3 Å². The highest BCUT2D eigenvalue weighted by atomic mass is 35.5. The van der Waals surface area contributed by atoms with Crippen molar-refractivity contribution in [2.45, 2.75) is 20.3 Å². The van der Waals surface area contributed by atoms with E-state index < -0.39 is 0 Å². The lowest BCUT2D eigenvalue weighted by molar-refractivity contribution is 0.0505. The summed E-state index contributed by atoms with van der Waals surface area (Å²) in [5.41, 5.74) is 3.55. The molecule has 0 aliphatic heterocycles. The van der Waals surface area contributed by atoms with Gasteiger partial charge in [0.2, 0.25) is 0 Å². The average Bonchev–Trinajstić information content (AvgIpc) is 3.09. The number of aromatic nitrogens is 2. The number of thiophene rings is 1. The van der Waals surface area contributed by atoms with Crippen LogP contribution in [0.1, 0.15) is 28.6 Å². The number of esters is 1. The molecular weight excluding hydrogens is 418 g/mol. The number of nitrogens with one attached hydrogen (secondary N) is 1. The number of carbonyl (C=O) groups is 1. The van der Waals surface area contributed by atoms with Gasteiger partial charge >= 0.3 is 5.97 Å². The minimum Gasteiger partial charge on any atom is -0.462 e. The quantitative estimate of drug-likeness (QED) is 0.352. The fourth-order valence-corrected chi connectivity index (χ4v) is 4.24. The van der Waals surface area contributed by atoms with Crippen LogP contribution >= 0.6 is 23.7 Å². The van der Waals surface area contributed by atoms with Crippen LogP contribution in [0.4, 0.5) is 11.5 Å². The van der Waals surface area contributed by atoms with Gasteiger partial charge in [-0.05, 0) is 37.1 Å². The molecule has 4 rings (SSSR count). The molecule has 154 valence electrons. The Hall–Kier alpha value is -2.96. The monoisotopic (exact) mass is 439 g/mol. The average molecular weight is 440 g/mol. The third-order valence-corrected chi connectivity index (χ3v) is 5.54. The summed E-state index contributed by atoms with van der Waals surface area (Å²) in [5, 5.41) is 4.36. The molecule has 0 bridgehead atoms. The van der Waals surface area contributed by atoms with E-state index in [4.69, 9.17) is 4.74 Å². The number of hydrogen-bond donors (Lipinski definition) is 1. The summed E-state index contributed by atoms with van der Waals surface area (Å²) in [6.07, 6.45) is 2.36. The van der Waals surface area contributed by atoms with Crippen molar-refractivity contribution in [2.24, 2.45) is 0 Å². The molecule has 0 radical (unpaired) electrons. The van der Waals surface area contributed by atoms with Crippen molar-refractivity contribution in [2.75, 3.05) is 11.9 Å². The fourth-order valence-electron chi connectivity index (χ4n) is 3.23. The molecule has 0 amide bonds. The number of anilines is 2. The van der Waals surface area contributed by atoms with E-state index in [-0.39, 0.29) is 18.4 Å². The zero-order valence-electron chi connectivity index (χ0n) is 16.7. The number of aryl methyl sites for hydroxylation is 1. The Morgan fingerprint density at radius 3 is 2.67 bits per heavy atom. The molecule has 2 heterocycles. The topological polar surface area (TPSA) is 64.1 Å². The number of benzene rings is 2. The predicted octanol–water partition coefficient (Wildman–Crippen LogP) is 6.40. The van der Waals surface area contributed by atoms with Gasteiger partial charge in [-0.1, -0.05) is 43.3 Å². The molecule has 0 aliphatic rings. The van der Waals surface area contributed by atoms with Gasteiger partial charge in [0.05, 0.1) is 17.6 Å². The molecule has 0 fully saturated rings. The largest absolute Gasteiger partial charge is 0.462 e. The normalized spacial score (nSPS) is 10.5. The minimum atomic E-state index is -0.320. The highest BCUT2D eigenvalue weighted by Crippen LogP contribution is 2.40. The van der Waals surface area contributed by atoms with E-state index in [0.29, 0.717) is 12.2 Å². The van der Waals surface area contributed by atoms with Crippen molar-refractivity contribution in [3.63, 3.8) is 0 Å². The first kappa shape index (κ1) is 21.7. The second-order valence-electron chi connectivity index (χ2n) is 6.64. The summed E-state index contributed by atoms with van der Waals surface area (Å²) >= 11 is 1.65. The highest BCUT2D eigenvalue weighted by molar-refractivity contribution is 7.19. The van der Waals surface area contributed by atoms with Crippen LogP contribution in [-0.2, 0) is 4.74 Å². The van der Waals surface area contributed by atoms with Crippen molar-refractivity contribution >= 4 is 51.4 Å². The molecule has 0 unspecified atom stereocenters. The van der Waals surface area contributed by atoms with Crippen LogP contribution in [0.3, 0.4) is 0 Å². The van der Waals surface area contributed by atoms with Crippen molar-refractivity contribution < 1.29 is 9.53 Å². The number of carbonyl (C=O) groups excluding carboxylic acids is 1. The second kappa shape index (κ2) is 9.69. The summed E-state index contributed by atoms with van der Waals surface area (Å²) in [7, 11) is 0. The summed E-state index contributed by atoms with van der Waals surface area (Å²) in [5.74, 6) is 0.400. The Bertz CT molecular complexity index is 1160. The van der Waals surface area contributed by atoms with Gasteiger partial charge in [0.15, 0.2) is 0 Å². The lowest BCUT2D eigenvalue weighted by Gasteiger charge is -2.10. The van der Waals surface area contributed by atoms with Gasteiger partial charge in [0.25, 0.3) is 0 Å². The number of ether oxygens (including phenoxy) is 1. The maximum atomic E-state index is 12.2. The Kier molecular flexibility index (Phi) is 7.03. The zero-order chi connectivity index (χ0) is 20.2. The van der Waals surface area contributed by atoms with Crippen molar-refractivity contribution in [3.8, 4) is 11.1 Å². The molecule has 2 aromatic heterocycles. The van der Waals surface area contributed by atoms with Crippen LogP contribution in [0.25, 0.3) is 21.3 Å². The number of nitrogens with zero attached hydrogens (tertiary/aromatic N) is 2. The SMILES string of the molecule is CCCOC(=O)c1cccc(Nc2ncnc3sc(C)c(-c4ccccc4)c23)c1.Cl. The third kappa shape index (κ3) is 4.45. The van der Waals surface area contributed by atoms with E-state index in [1.54, 1.807) is 29.8 Å². The zero-order valence-corrected chi connectivity index (χ0v) is 18.3. The highest BCUT2D eigenvalue weighted by Gasteiger charge is 2.17. The van der Waals surface area contributed by atoms with Crippen molar-refractivity contribution in [1.29, 1.82) is 0 Å². The Balaban J connectivity index is 0.00000256. The molecule has 5 nitrogen and oxygen atoms in total. The summed E-state index contributed by atoms with van der Waals surface area (Å²) < 4.78 is 5.24. The maximum absolute atomic E-state index is 12.2. The van der Waals surface area contributed by atoms with Gasteiger partial charge in [-0.3, -0.25) is 0 Å². The van der Waals surface area contributed by atoms with Gasteiger partial charge in [0, 0.05) is 16.1 Å². The van der Waals surface area contributed by atoms with E-state index in [1.165, 1.54) is 4.88 Å². The molecule has 0 atom stereocenters. The smallest absolute Gasteiger partial charge is 0.338 e. The maximum Gasteiger partial charge on any atom is 0.338 e. The van der Waals surface area contributed by atoms with Crippen LogP contribution in [0.2, 0.25) is 0 Å². The predicted molar refractivity (Wildman–Crippen MR) is 125 cm³/mol. The van der Waals surface area contributed by atoms with Crippen molar-refractivity contribution in [1.82, 2.24) is 9.97 Å². The third-order valence-electron chi connectivity index (χ3n) is 4.53. The van der Waals surface area contributed by atoms with E-state index in [9.17, 15) is 4.79 Å². The summed E-state index contributed by atoms with van der Waals surface area (Å²) in [6.45, 7) is 4.49. The van der Waals surface area contributed by atoms with Crippen molar-refractivity contribution in [3.05, 3.63) is 71.4 Å². The minimum absolute atomic E-state index is 0. The number of hydrogen-bond acceptors (Lipinski definition) is 6. The lowest BCUT2D eigenvalue weighted by Crippen LogP contribution is -2.06. The van der Waals surface area contributed by atoms with Gasteiger partial charge in [-0.25, -0.2) is 14.8 Å². The number of halogens is 1. The van der Waals surface area contributed by atoms with E-state index in [1.807, 2.05) is 37.3 Å². The summed E-state index contributed by atoms with van der Waals surface area (Å²) in [4.78, 5) is 23.3. The van der Waals surface area contributed by atoms with Gasteiger partial charge in [-0.2, -0.15) is 0 Å². The molecule has 30 heavy (non-hydrogen) atoms. The molecule has 0 aliphatic carbocycles. The molecule has 0 saturated heterocycles. The Labute approximate surface area is 185 Å². The lowest BCUT2D eigenvalue weighted by atomic mass is 10.0. The van der Waals surface area contributed by atoms with Gasteiger partial charge in [-0.15, -0.1) is 23.7 Å². The molecule has 4 aromatic rings. The van der Waals surface area contributed by atoms with E-state index >= 15 is 0 Å². The number of fused-ring (bicyclic) bond motifs is 1. The van der Waals surface area contributed by atoms with Crippen LogP contribution in [0, 0.1) is 6.92 Å². The Morgan fingerprint density at radius 1 is 1.10 bits per heavy atom. The fraction of sp³-hybridized carbons (Fsp3) is 0.174. The van der Waals surface area contributed by atoms with Gasteiger partial charge in [0.1, 0.15) is 17.0 Å². The first-order valence-corrected chi connectivity index (χ1v) is 10.3. The van der Waals surface area contributed by atoms with Crippen LogP contribution < -0.4 is 5.32 Å². The second-order valence-corrected chi connectivity index (χ2v) is 7.85. The van der Waals surface area contributed by atoms with Crippen LogP contribution in [-0.4, -0.2) is 22.5 Å². The molecule has 7 heteroatoms. The molecule has 0 saturated carbocycles. The standard InChI is InChI=1S/C23H21N3O2S.ClH/c1-3-12-28-23(27)17-10-7-11-18(13-17)26-21-20-19(16-8-5-4-6-9-16)15(2)29-22(20)25-14-24-21;/h4-11,13-14H,3,12H2,1-2H3,(H,24,25,26);1H. The summed E-state index contributed by atoms with van der Waals surface area (Å²) in [6, 6.07) is 17.5. The van der Waals surface area contributed by atoms with Crippen LogP contribution in [0.5, 0.6) is 0 Å². The molecule has 2 aromatic carbocycles. The first-order chi connectivity index (χ1) is 14.2. The van der Waals surface area contributed by atoms with E-state index in [0.717, 1.165) is 39.3 Å². The molecule has 1 N–H and O–H groups in total.